The van der Waals surface area contributed by atoms with E-state index >= 15 is 0 Å². The molecule has 1 rings (SSSR count). The van der Waals surface area contributed by atoms with Crippen molar-refractivity contribution in [3.05, 3.63) is 10.1 Å². The van der Waals surface area contributed by atoms with E-state index in [9.17, 15) is 10.1 Å². The van der Waals surface area contributed by atoms with Crippen molar-refractivity contribution in [3.8, 4) is 0 Å². The standard InChI is InChI=1S/C4H8N6O2/c1-8(2)3-9-6-4(5-7-9)10(11)12/h3H2,1-2H3. The predicted octanol–water partition coefficient (Wildman–Crippen LogP) is -0.900. The molecule has 1 heterocycles. The highest BCUT2D eigenvalue weighted by Crippen LogP contribution is 1.96. The van der Waals surface area contributed by atoms with E-state index in [1.54, 1.807) is 19.0 Å². The molecule has 0 saturated carbocycles. The Morgan fingerprint density at radius 3 is 2.75 bits per heavy atom. The van der Waals surface area contributed by atoms with Crippen molar-refractivity contribution in [3.63, 3.8) is 0 Å². The fraction of sp³-hybridized carbons (Fsp3) is 0.750. The Kier molecular flexibility index (Phi) is 2.29. The van der Waals surface area contributed by atoms with Gasteiger partial charge in [0.2, 0.25) is 0 Å². The molecule has 0 unspecified atom stereocenters. The van der Waals surface area contributed by atoms with E-state index in [1.165, 1.54) is 0 Å². The quantitative estimate of drug-likeness (QED) is 0.433. The van der Waals surface area contributed by atoms with Crippen molar-refractivity contribution in [1.82, 2.24) is 25.1 Å². The van der Waals surface area contributed by atoms with Crippen LogP contribution in [0.3, 0.4) is 0 Å². The van der Waals surface area contributed by atoms with Gasteiger partial charge in [0.25, 0.3) is 0 Å². The third-order valence-corrected chi connectivity index (χ3v) is 1.01. The summed E-state index contributed by atoms with van der Waals surface area (Å²) >= 11 is 0. The van der Waals surface area contributed by atoms with Crippen molar-refractivity contribution in [2.24, 2.45) is 0 Å². The third-order valence-electron chi connectivity index (χ3n) is 1.01. The predicted molar refractivity (Wildman–Crippen MR) is 38.2 cm³/mol. The molecule has 1 aromatic heterocycles. The van der Waals surface area contributed by atoms with Crippen LogP contribution in [0.15, 0.2) is 0 Å². The normalized spacial score (nSPS) is 10.6. The Hall–Kier alpha value is -1.57. The summed E-state index contributed by atoms with van der Waals surface area (Å²) in [6, 6.07) is 0. The number of tetrazole rings is 1. The van der Waals surface area contributed by atoms with E-state index in [4.69, 9.17) is 0 Å². The van der Waals surface area contributed by atoms with Crippen LogP contribution in [0.4, 0.5) is 5.95 Å². The SMILES string of the molecule is CN(C)Cn1nnc([N+](=O)[O-])n1. The lowest BCUT2D eigenvalue weighted by Gasteiger charge is -2.03. The van der Waals surface area contributed by atoms with Gasteiger partial charge in [-0.2, -0.15) is 0 Å². The lowest BCUT2D eigenvalue weighted by atomic mass is 10.9. The van der Waals surface area contributed by atoms with Crippen LogP contribution < -0.4 is 0 Å². The van der Waals surface area contributed by atoms with Crippen molar-refractivity contribution in [1.29, 1.82) is 0 Å². The molecule has 66 valence electrons. The molecule has 12 heavy (non-hydrogen) atoms. The number of hydrogen-bond acceptors (Lipinski definition) is 6. The molecular weight excluding hydrogens is 164 g/mol. The van der Waals surface area contributed by atoms with Gasteiger partial charge in [-0.3, -0.25) is 4.90 Å². The maximum Gasteiger partial charge on any atom is 0.514 e. The average Bonchev–Trinajstić information content (AvgIpc) is 2.34. The summed E-state index contributed by atoms with van der Waals surface area (Å²) in [5, 5.41) is 20.3. The van der Waals surface area contributed by atoms with Crippen LogP contribution in [-0.4, -0.2) is 44.1 Å². The summed E-state index contributed by atoms with van der Waals surface area (Å²) in [6.07, 6.45) is 0. The highest BCUT2D eigenvalue weighted by Gasteiger charge is 2.14. The van der Waals surface area contributed by atoms with Crippen LogP contribution in [0, 0.1) is 10.1 Å². The summed E-state index contributed by atoms with van der Waals surface area (Å²) in [7, 11) is 3.60. The summed E-state index contributed by atoms with van der Waals surface area (Å²) in [5.74, 6) is -0.475. The summed E-state index contributed by atoms with van der Waals surface area (Å²) in [6.45, 7) is 0.376. The van der Waals surface area contributed by atoms with Gasteiger partial charge in [-0.15, -0.1) is 0 Å². The largest absolute Gasteiger partial charge is 0.514 e. The summed E-state index contributed by atoms with van der Waals surface area (Å²) in [4.78, 5) is 12.4. The van der Waals surface area contributed by atoms with Crippen LogP contribution >= 0.6 is 0 Å². The molecule has 0 aliphatic rings. The Labute approximate surface area is 67.9 Å². The lowest BCUT2D eigenvalue weighted by molar-refractivity contribution is -0.394. The van der Waals surface area contributed by atoms with Crippen LogP contribution in [0.25, 0.3) is 0 Å². The molecule has 8 nitrogen and oxygen atoms in total. The fourth-order valence-electron chi connectivity index (χ4n) is 0.621. The Morgan fingerprint density at radius 1 is 1.67 bits per heavy atom. The molecule has 0 N–H and O–H groups in total. The maximum absolute atomic E-state index is 10.1. The van der Waals surface area contributed by atoms with Gasteiger partial charge in [-0.05, 0) is 19.0 Å². The number of hydrogen-bond donors (Lipinski definition) is 0. The lowest BCUT2D eigenvalue weighted by Crippen LogP contribution is -2.18. The van der Waals surface area contributed by atoms with E-state index in [0.29, 0.717) is 6.67 Å². The van der Waals surface area contributed by atoms with Gasteiger partial charge < -0.3 is 10.1 Å². The van der Waals surface area contributed by atoms with E-state index in [-0.39, 0.29) is 0 Å². The summed E-state index contributed by atoms with van der Waals surface area (Å²) < 4.78 is 0. The van der Waals surface area contributed by atoms with Crippen molar-refractivity contribution in [2.45, 2.75) is 6.67 Å². The van der Waals surface area contributed by atoms with Crippen molar-refractivity contribution < 1.29 is 4.92 Å². The van der Waals surface area contributed by atoms with E-state index in [0.717, 1.165) is 4.80 Å². The Bertz CT molecular complexity index is 281. The van der Waals surface area contributed by atoms with Gasteiger partial charge in [0.1, 0.15) is 6.67 Å². The van der Waals surface area contributed by atoms with Gasteiger partial charge in [0, 0.05) is 5.21 Å². The first-order valence-electron chi connectivity index (χ1n) is 3.16. The molecule has 0 aliphatic heterocycles. The zero-order chi connectivity index (χ0) is 9.14. The molecule has 1 aromatic rings. The van der Waals surface area contributed by atoms with Gasteiger partial charge in [-0.25, -0.2) is 0 Å². The molecule has 8 heteroatoms. The third kappa shape index (κ3) is 1.95. The minimum Gasteiger partial charge on any atom is -0.390 e. The fourth-order valence-corrected chi connectivity index (χ4v) is 0.621. The highest BCUT2D eigenvalue weighted by molar-refractivity contribution is 4.92. The first-order valence-corrected chi connectivity index (χ1v) is 3.16. The van der Waals surface area contributed by atoms with Gasteiger partial charge >= 0.3 is 5.95 Å². The van der Waals surface area contributed by atoms with Crippen LogP contribution in [0.5, 0.6) is 0 Å². The number of nitrogens with zero attached hydrogens (tertiary/aromatic N) is 6. The van der Waals surface area contributed by atoms with Crippen molar-refractivity contribution in [2.75, 3.05) is 14.1 Å². The zero-order valence-corrected chi connectivity index (χ0v) is 6.71. The molecule has 0 atom stereocenters. The van der Waals surface area contributed by atoms with Crippen LogP contribution in [0.1, 0.15) is 0 Å². The molecule has 0 aliphatic carbocycles. The molecular formula is C4H8N6O2. The monoisotopic (exact) mass is 172 g/mol. The smallest absolute Gasteiger partial charge is 0.390 e. The molecule has 0 radical (unpaired) electrons. The van der Waals surface area contributed by atoms with E-state index in [2.05, 4.69) is 15.4 Å². The maximum atomic E-state index is 10.1. The summed E-state index contributed by atoms with van der Waals surface area (Å²) in [5.41, 5.74) is 0. The zero-order valence-electron chi connectivity index (χ0n) is 6.71. The molecule has 0 bridgehead atoms. The van der Waals surface area contributed by atoms with Gasteiger partial charge in [-0.1, -0.05) is 4.80 Å². The number of rotatable bonds is 3. The Morgan fingerprint density at radius 2 is 2.33 bits per heavy atom. The second-order valence-electron chi connectivity index (χ2n) is 2.44. The first-order chi connectivity index (χ1) is 5.59. The molecule has 0 fully saturated rings. The van der Waals surface area contributed by atoms with Crippen molar-refractivity contribution >= 4 is 5.95 Å². The molecule has 0 saturated heterocycles. The number of nitro groups is 1. The molecule has 0 amide bonds. The minimum absolute atomic E-state index is 0.376. The average molecular weight is 172 g/mol. The first kappa shape index (κ1) is 8.53. The topological polar surface area (TPSA) is 90.0 Å². The van der Waals surface area contributed by atoms with Crippen LogP contribution in [0.2, 0.25) is 0 Å². The van der Waals surface area contributed by atoms with Gasteiger partial charge in [0.15, 0.2) is 0 Å². The Balaban J connectivity index is 2.71. The minimum atomic E-state index is -0.681. The van der Waals surface area contributed by atoms with E-state index < -0.39 is 10.9 Å². The van der Waals surface area contributed by atoms with Gasteiger partial charge in [0.05, 0.1) is 10.2 Å². The van der Waals surface area contributed by atoms with E-state index in [1.807, 2.05) is 0 Å². The second kappa shape index (κ2) is 3.22. The van der Waals surface area contributed by atoms with Crippen LogP contribution in [-0.2, 0) is 6.67 Å². The number of aromatic nitrogens is 4. The molecule has 0 spiro atoms. The second-order valence-corrected chi connectivity index (χ2v) is 2.44. The molecule has 0 aromatic carbocycles. The highest BCUT2D eigenvalue weighted by atomic mass is 16.6.